The minimum Gasteiger partial charge on any atom is -0.451 e. The molecule has 4 heterocycles. The summed E-state index contributed by atoms with van der Waals surface area (Å²) in [5.41, 5.74) is -13.2. The summed E-state index contributed by atoms with van der Waals surface area (Å²) in [6.45, 7) is 10.5. The first-order chi connectivity index (χ1) is 17.1. The van der Waals surface area contributed by atoms with Gasteiger partial charge >= 0.3 is 13.3 Å². The highest BCUT2D eigenvalue weighted by atomic mass is 16.8. The van der Waals surface area contributed by atoms with Crippen LogP contribution >= 0.6 is 0 Å². The molecule has 4 aliphatic carbocycles. The van der Waals surface area contributed by atoms with E-state index in [2.05, 4.69) is 11.6 Å². The summed E-state index contributed by atoms with van der Waals surface area (Å²) in [6, 6.07) is 3.12. The Labute approximate surface area is 213 Å². The van der Waals surface area contributed by atoms with Crippen molar-refractivity contribution < 1.29 is 49.0 Å². The number of aromatic nitrogens is 1. The highest BCUT2D eigenvalue weighted by Gasteiger charge is 3.12. The van der Waals surface area contributed by atoms with Crippen LogP contribution in [0.3, 0.4) is 0 Å². The number of carbonyl (C=O) groups is 1. The highest BCUT2D eigenvalue weighted by Crippen LogP contribution is 2.92. The van der Waals surface area contributed by atoms with E-state index in [0.717, 1.165) is 0 Å². The fourth-order valence-electron chi connectivity index (χ4n) is 10.1. The van der Waals surface area contributed by atoms with Gasteiger partial charge in [0.1, 0.15) is 34.2 Å². The quantitative estimate of drug-likeness (QED) is 0.179. The Balaban J connectivity index is 1.60. The zero-order chi connectivity index (χ0) is 26.8. The lowest BCUT2D eigenvalue weighted by atomic mass is 9.52. The summed E-state index contributed by atoms with van der Waals surface area (Å²) in [5.74, 6) is -3.74. The normalized spacial score (nSPS) is 56.8. The fraction of sp³-hybridized carbons (Fsp3) is 0.720. The maximum atomic E-state index is 13.4. The summed E-state index contributed by atoms with van der Waals surface area (Å²) in [4.78, 5) is 16.2. The smallest absolute Gasteiger partial charge is 0.451 e. The molecule has 3 spiro atoms. The van der Waals surface area contributed by atoms with Crippen LogP contribution in [0.25, 0.3) is 0 Å². The third-order valence-corrected chi connectivity index (χ3v) is 11.5. The van der Waals surface area contributed by atoms with E-state index in [0.29, 0.717) is 5.57 Å². The Morgan fingerprint density at radius 2 is 1.95 bits per heavy atom. The molecule has 1 aromatic heterocycles. The molecule has 0 radical (unpaired) electrons. The van der Waals surface area contributed by atoms with E-state index in [1.54, 1.807) is 33.0 Å². The van der Waals surface area contributed by atoms with Gasteiger partial charge in [0.15, 0.2) is 17.5 Å². The molecular weight excluding hydrogens is 485 g/mol. The number of aromatic amines is 1. The van der Waals surface area contributed by atoms with Gasteiger partial charge in [-0.1, -0.05) is 27.4 Å². The number of esters is 1. The van der Waals surface area contributed by atoms with Crippen molar-refractivity contribution in [3.8, 4) is 0 Å². The van der Waals surface area contributed by atoms with Crippen molar-refractivity contribution in [1.82, 2.24) is 4.98 Å². The molecule has 3 saturated heterocycles. The molecule has 200 valence electrons. The van der Waals surface area contributed by atoms with Crippen molar-refractivity contribution in [3.63, 3.8) is 0 Å². The van der Waals surface area contributed by atoms with Crippen molar-refractivity contribution in [1.29, 1.82) is 0 Å². The number of nitrogens with one attached hydrogen (secondary N) is 1. The van der Waals surface area contributed by atoms with E-state index in [9.17, 15) is 30.2 Å². The lowest BCUT2D eigenvalue weighted by Gasteiger charge is -2.65. The third-order valence-electron chi connectivity index (χ3n) is 11.5. The van der Waals surface area contributed by atoms with Crippen LogP contribution in [0.2, 0.25) is 0 Å². The van der Waals surface area contributed by atoms with Gasteiger partial charge in [0.25, 0.3) is 0 Å². The first-order valence-electron chi connectivity index (χ1n) is 12.7. The third kappa shape index (κ3) is 1.78. The zero-order valence-corrected chi connectivity index (χ0v) is 21.1. The van der Waals surface area contributed by atoms with Crippen LogP contribution in [-0.2, 0) is 18.8 Å². The van der Waals surface area contributed by atoms with Crippen LogP contribution in [0.1, 0.15) is 57.4 Å². The topological polar surface area (TPSA) is 171 Å². The Kier molecular flexibility index (Phi) is 4.06. The minimum absolute atomic E-state index is 0.102. The number of rotatable bonds is 3. The first-order valence-corrected chi connectivity index (χ1v) is 12.7. The van der Waals surface area contributed by atoms with E-state index >= 15 is 0 Å². The summed E-state index contributed by atoms with van der Waals surface area (Å²) in [6.07, 6.45) is -1.33. The van der Waals surface area contributed by atoms with Crippen molar-refractivity contribution in [2.24, 2.45) is 16.7 Å². The van der Waals surface area contributed by atoms with Gasteiger partial charge in [-0.25, -0.2) is 4.79 Å². The van der Waals surface area contributed by atoms with Gasteiger partial charge in [-0.3, -0.25) is 0 Å². The molecule has 7 bridgehead atoms. The van der Waals surface area contributed by atoms with E-state index in [4.69, 9.17) is 18.8 Å². The molecule has 4 saturated carbocycles. The van der Waals surface area contributed by atoms with Gasteiger partial charge in [-0.2, -0.15) is 0 Å². The zero-order valence-electron chi connectivity index (χ0n) is 21.1. The molecule has 1 aromatic rings. The standard InChI is InChI=1S/C25H32BNO10/c1-12(2)22(31)17(34-16(29)14-7-6-10-27-14)24-18(4)11-21(30)19(22,5)25(24,32)23(35-21)15(28)13(3)8-9-20(18,23)36-26(33)37-24/h6-7,10,12,15,17,27-28,30-33H,3,8-9,11H2,1-2,4-5H3/t15-,17?,18+,19+,20+,21+,22-,23-,24-,25+/m1/s1. The number of aliphatic hydroxyl groups excluding tert-OH is 1. The second-order valence-corrected chi connectivity index (χ2v) is 12.5. The molecule has 12 heteroatoms. The maximum absolute atomic E-state index is 13.4. The molecule has 3 aliphatic heterocycles. The van der Waals surface area contributed by atoms with Gasteiger partial charge in [-0.15, -0.1) is 0 Å². The van der Waals surface area contributed by atoms with Gasteiger partial charge in [0, 0.05) is 18.0 Å². The van der Waals surface area contributed by atoms with Crippen molar-refractivity contribution in [2.75, 3.05) is 0 Å². The predicted octanol–water partition coefficient (Wildman–Crippen LogP) is -0.228. The Morgan fingerprint density at radius 3 is 2.57 bits per heavy atom. The van der Waals surface area contributed by atoms with E-state index in [1.165, 1.54) is 13.0 Å². The van der Waals surface area contributed by atoms with Crippen LogP contribution in [0.4, 0.5) is 0 Å². The Hall–Kier alpha value is -1.77. The van der Waals surface area contributed by atoms with Crippen molar-refractivity contribution in [2.45, 2.75) is 93.0 Å². The summed E-state index contributed by atoms with van der Waals surface area (Å²) in [5, 5.41) is 60.9. The SMILES string of the molecule is C=C1CC[C@@]23OB(O)O[C@@]45C(OC(=O)c6ccc[nH]6)[C@](O)(C(C)C)[C@@]6(C)[C@]4(O)[C@@]2(O[C@@]6(O)C[C@@]35C)[C@@H]1O. The first kappa shape index (κ1) is 24.3. The predicted molar refractivity (Wildman–Crippen MR) is 124 cm³/mol. The second-order valence-electron chi connectivity index (χ2n) is 12.5. The average molecular weight is 517 g/mol. The number of hydrogen-bond donors (Lipinski definition) is 6. The molecule has 0 amide bonds. The monoisotopic (exact) mass is 517 g/mol. The molecule has 7 fully saturated rings. The number of ether oxygens (including phenoxy) is 2. The minimum atomic E-state index is -2.41. The van der Waals surface area contributed by atoms with Gasteiger partial charge in [0.2, 0.25) is 0 Å². The van der Waals surface area contributed by atoms with E-state index in [-0.39, 0.29) is 25.0 Å². The largest absolute Gasteiger partial charge is 0.637 e. The highest BCUT2D eigenvalue weighted by molar-refractivity contribution is 6.35. The van der Waals surface area contributed by atoms with Gasteiger partial charge in [0.05, 0.1) is 5.41 Å². The molecule has 6 N–H and O–H groups in total. The molecule has 0 aromatic carbocycles. The van der Waals surface area contributed by atoms with Crippen molar-refractivity contribution >= 4 is 13.3 Å². The summed E-state index contributed by atoms with van der Waals surface area (Å²) < 4.78 is 24.8. The maximum Gasteiger partial charge on any atom is 0.637 e. The van der Waals surface area contributed by atoms with Gasteiger partial charge < -0.3 is 49.2 Å². The van der Waals surface area contributed by atoms with Crippen LogP contribution in [-0.4, -0.2) is 89.7 Å². The van der Waals surface area contributed by atoms with Gasteiger partial charge in [-0.05, 0) is 43.4 Å². The fourth-order valence-corrected chi connectivity index (χ4v) is 10.1. The number of carbonyl (C=O) groups excluding carboxylic acids is 1. The average Bonchev–Trinajstić information content (AvgIpc) is 3.43. The van der Waals surface area contributed by atoms with Crippen LogP contribution in [0, 0.1) is 16.7 Å². The molecule has 11 nitrogen and oxygen atoms in total. The summed E-state index contributed by atoms with van der Waals surface area (Å²) in [7, 11) is -1.90. The van der Waals surface area contributed by atoms with Crippen LogP contribution < -0.4 is 0 Å². The lowest BCUT2D eigenvalue weighted by Crippen LogP contribution is -2.78. The van der Waals surface area contributed by atoms with Crippen molar-refractivity contribution in [3.05, 3.63) is 36.2 Å². The molecule has 8 rings (SSSR count). The number of hydrogen-bond acceptors (Lipinski definition) is 10. The Morgan fingerprint density at radius 1 is 1.24 bits per heavy atom. The lowest BCUT2D eigenvalue weighted by molar-refractivity contribution is -0.390. The molecule has 1 unspecified atom stereocenters. The van der Waals surface area contributed by atoms with E-state index in [1.807, 2.05) is 0 Å². The number of H-pyrrole nitrogens is 1. The molecular formula is C25H32BNO10. The molecule has 10 atom stereocenters. The van der Waals surface area contributed by atoms with Crippen LogP contribution in [0.15, 0.2) is 30.5 Å². The Bertz CT molecular complexity index is 1260. The molecule has 7 aliphatic rings. The second kappa shape index (κ2) is 6.18. The molecule has 37 heavy (non-hydrogen) atoms. The van der Waals surface area contributed by atoms with Crippen LogP contribution in [0.5, 0.6) is 0 Å². The van der Waals surface area contributed by atoms with E-state index < -0.39 is 76.0 Å². The number of aliphatic hydroxyl groups is 4. The summed E-state index contributed by atoms with van der Waals surface area (Å²) >= 11 is 0.